The number of carbonyl (C=O) groups excluding carboxylic acids is 3. The third kappa shape index (κ3) is 4.03. The van der Waals surface area contributed by atoms with E-state index in [1.165, 1.54) is 7.11 Å². The van der Waals surface area contributed by atoms with Crippen LogP contribution in [0.4, 0.5) is 0 Å². The number of carbonyl (C=O) groups is 3. The molecule has 0 fully saturated rings. The second kappa shape index (κ2) is 8.96. The molecule has 3 N–H and O–H groups in total. The topological polar surface area (TPSA) is 121 Å². The fraction of sp³-hybridized carbons (Fsp3) is 0.320. The fourth-order valence-corrected chi connectivity index (χ4v) is 4.05. The quantitative estimate of drug-likeness (QED) is 0.344. The van der Waals surface area contributed by atoms with Crippen LogP contribution in [0.2, 0.25) is 0 Å². The molecule has 0 bridgehead atoms. The number of phenolic OH excluding ortho intramolecular Hbond substituents is 2. The Morgan fingerprint density at radius 1 is 1.06 bits per heavy atom. The molecule has 1 unspecified atom stereocenters. The van der Waals surface area contributed by atoms with Crippen LogP contribution in [0.3, 0.4) is 0 Å². The largest absolute Gasteiger partial charge is 0.507 e. The van der Waals surface area contributed by atoms with E-state index in [0.29, 0.717) is 11.3 Å². The maximum atomic E-state index is 13.6. The Morgan fingerprint density at radius 2 is 1.66 bits per heavy atom. The van der Waals surface area contributed by atoms with Gasteiger partial charge in [0.25, 0.3) is 0 Å². The minimum atomic E-state index is -2.08. The van der Waals surface area contributed by atoms with Gasteiger partial charge in [0.1, 0.15) is 22.7 Å². The number of aliphatic hydroxyl groups is 1. The van der Waals surface area contributed by atoms with E-state index >= 15 is 0 Å². The molecular formula is C25H26O7. The monoisotopic (exact) mass is 438 g/mol. The van der Waals surface area contributed by atoms with Gasteiger partial charge in [0.15, 0.2) is 17.3 Å². The number of ether oxygens (including phenoxy) is 1. The number of ketones is 3. The average molecular weight is 438 g/mol. The van der Waals surface area contributed by atoms with Crippen molar-refractivity contribution in [2.24, 2.45) is 5.41 Å². The van der Waals surface area contributed by atoms with Gasteiger partial charge < -0.3 is 20.1 Å². The number of benzene rings is 2. The molecule has 3 rings (SSSR count). The van der Waals surface area contributed by atoms with Gasteiger partial charge in [-0.2, -0.15) is 0 Å². The normalized spacial score (nSPS) is 18.6. The van der Waals surface area contributed by atoms with Crippen molar-refractivity contribution in [1.29, 1.82) is 0 Å². The highest BCUT2D eigenvalue weighted by Crippen LogP contribution is 2.46. The Bertz CT molecular complexity index is 1090. The summed E-state index contributed by atoms with van der Waals surface area (Å²) in [7, 11) is 1.51. The molecule has 0 spiro atoms. The highest BCUT2D eigenvalue weighted by molar-refractivity contribution is 6.26. The van der Waals surface area contributed by atoms with Crippen molar-refractivity contribution in [2.45, 2.75) is 39.2 Å². The van der Waals surface area contributed by atoms with Crippen LogP contribution >= 0.6 is 0 Å². The molecule has 7 nitrogen and oxygen atoms in total. The number of hydrogen-bond acceptors (Lipinski definition) is 7. The van der Waals surface area contributed by atoms with Gasteiger partial charge in [-0.1, -0.05) is 23.8 Å². The van der Waals surface area contributed by atoms with Crippen molar-refractivity contribution in [3.05, 3.63) is 64.7 Å². The van der Waals surface area contributed by atoms with Gasteiger partial charge in [-0.3, -0.25) is 14.4 Å². The van der Waals surface area contributed by atoms with E-state index in [1.807, 2.05) is 13.8 Å². The van der Waals surface area contributed by atoms with E-state index in [4.69, 9.17) is 4.74 Å². The highest BCUT2D eigenvalue weighted by Gasteiger charge is 2.56. The van der Waals surface area contributed by atoms with Crippen LogP contribution in [-0.4, -0.2) is 45.9 Å². The Kier molecular flexibility index (Phi) is 6.50. The standard InChI is InChI=1S/C25H26O7/c1-14(2)4-11-20(29)25(21(30)12-15-5-7-16(32-3)8-6-15)13-19(28)22-17(26)9-10-18(27)23(22)24(25)31/h4-10,20,26-27,29H,11-13H2,1-3H3/t20-,25?/m1/s1. The summed E-state index contributed by atoms with van der Waals surface area (Å²) in [6.07, 6.45) is -0.630. The van der Waals surface area contributed by atoms with E-state index in [1.54, 1.807) is 30.3 Å². The first-order chi connectivity index (χ1) is 15.1. The fourth-order valence-electron chi connectivity index (χ4n) is 4.05. The minimum absolute atomic E-state index is 0.0232. The third-order valence-corrected chi connectivity index (χ3v) is 5.85. The van der Waals surface area contributed by atoms with Gasteiger partial charge in [0, 0.05) is 12.8 Å². The number of allylic oxidation sites excluding steroid dienone is 1. The van der Waals surface area contributed by atoms with E-state index < -0.39 is 52.4 Å². The van der Waals surface area contributed by atoms with Crippen LogP contribution in [0, 0.1) is 5.41 Å². The first kappa shape index (κ1) is 23.2. The third-order valence-electron chi connectivity index (χ3n) is 5.85. The molecule has 0 saturated carbocycles. The second-order valence-electron chi connectivity index (χ2n) is 8.24. The van der Waals surface area contributed by atoms with Crippen molar-refractivity contribution in [2.75, 3.05) is 7.11 Å². The van der Waals surface area contributed by atoms with Gasteiger partial charge in [-0.15, -0.1) is 0 Å². The van der Waals surface area contributed by atoms with Crippen LogP contribution < -0.4 is 4.74 Å². The highest BCUT2D eigenvalue weighted by atomic mass is 16.5. The molecule has 2 atom stereocenters. The predicted octanol–water partition coefficient (Wildman–Crippen LogP) is 3.39. The molecule has 32 heavy (non-hydrogen) atoms. The number of fused-ring (bicyclic) bond motifs is 1. The lowest BCUT2D eigenvalue weighted by Gasteiger charge is -2.38. The van der Waals surface area contributed by atoms with E-state index in [9.17, 15) is 29.7 Å². The summed E-state index contributed by atoms with van der Waals surface area (Å²) >= 11 is 0. The zero-order chi connectivity index (χ0) is 23.6. The average Bonchev–Trinajstić information content (AvgIpc) is 2.76. The maximum absolute atomic E-state index is 13.6. The lowest BCUT2D eigenvalue weighted by Crippen LogP contribution is -2.53. The lowest BCUT2D eigenvalue weighted by molar-refractivity contribution is -0.131. The zero-order valence-electron chi connectivity index (χ0n) is 18.2. The number of hydrogen-bond donors (Lipinski definition) is 3. The lowest BCUT2D eigenvalue weighted by atomic mass is 9.62. The molecule has 1 aliphatic rings. The first-order valence-corrected chi connectivity index (χ1v) is 10.2. The molecule has 0 aromatic heterocycles. The Morgan fingerprint density at radius 3 is 2.22 bits per heavy atom. The number of rotatable bonds is 7. The zero-order valence-corrected chi connectivity index (χ0v) is 18.2. The molecule has 0 saturated heterocycles. The molecule has 168 valence electrons. The Hall–Kier alpha value is -3.45. The molecule has 0 heterocycles. The van der Waals surface area contributed by atoms with Gasteiger partial charge in [-0.25, -0.2) is 0 Å². The van der Waals surface area contributed by atoms with Crippen LogP contribution in [0.5, 0.6) is 17.2 Å². The molecule has 2 aromatic rings. The van der Waals surface area contributed by atoms with Crippen molar-refractivity contribution in [3.8, 4) is 17.2 Å². The smallest absolute Gasteiger partial charge is 0.184 e. The summed E-state index contributed by atoms with van der Waals surface area (Å²) in [5.74, 6) is -2.57. The summed E-state index contributed by atoms with van der Waals surface area (Å²) in [6.45, 7) is 3.62. The van der Waals surface area contributed by atoms with Crippen molar-refractivity contribution >= 4 is 17.3 Å². The van der Waals surface area contributed by atoms with Crippen LogP contribution in [-0.2, 0) is 11.2 Å². The summed E-state index contributed by atoms with van der Waals surface area (Å²) in [4.78, 5) is 40.2. The van der Waals surface area contributed by atoms with Gasteiger partial charge in [-0.05, 0) is 50.1 Å². The second-order valence-corrected chi connectivity index (χ2v) is 8.24. The number of methoxy groups -OCH3 is 1. The number of Topliss-reactive ketones (excluding diaryl/α,β-unsaturated/α-hetero) is 3. The van der Waals surface area contributed by atoms with Crippen LogP contribution in [0.25, 0.3) is 0 Å². The molecule has 0 aliphatic heterocycles. The molecule has 7 heteroatoms. The van der Waals surface area contributed by atoms with Crippen molar-refractivity contribution in [1.82, 2.24) is 0 Å². The number of phenols is 2. The van der Waals surface area contributed by atoms with Crippen molar-refractivity contribution in [3.63, 3.8) is 0 Å². The molecule has 2 aromatic carbocycles. The maximum Gasteiger partial charge on any atom is 0.184 e. The molecular weight excluding hydrogens is 412 g/mol. The summed E-state index contributed by atoms with van der Waals surface area (Å²) < 4.78 is 5.12. The first-order valence-electron chi connectivity index (χ1n) is 10.2. The van der Waals surface area contributed by atoms with Crippen LogP contribution in [0.1, 0.15) is 53.0 Å². The number of aliphatic hydroxyl groups excluding tert-OH is 1. The minimum Gasteiger partial charge on any atom is -0.507 e. The summed E-state index contributed by atoms with van der Waals surface area (Å²) in [6, 6.07) is 8.87. The van der Waals surface area contributed by atoms with Gasteiger partial charge in [0.2, 0.25) is 0 Å². The van der Waals surface area contributed by atoms with E-state index in [0.717, 1.165) is 17.7 Å². The molecule has 0 radical (unpaired) electrons. The Labute approximate surface area is 186 Å². The number of aromatic hydroxyl groups is 2. The molecule has 0 amide bonds. The van der Waals surface area contributed by atoms with Gasteiger partial charge >= 0.3 is 0 Å². The predicted molar refractivity (Wildman–Crippen MR) is 117 cm³/mol. The van der Waals surface area contributed by atoms with Crippen LogP contribution in [0.15, 0.2) is 48.0 Å². The van der Waals surface area contributed by atoms with Gasteiger partial charge in [0.05, 0.1) is 24.3 Å². The summed E-state index contributed by atoms with van der Waals surface area (Å²) in [5, 5.41) is 31.5. The summed E-state index contributed by atoms with van der Waals surface area (Å²) in [5.41, 5.74) is -1.38. The Balaban J connectivity index is 2.11. The molecule has 1 aliphatic carbocycles. The van der Waals surface area contributed by atoms with Crippen molar-refractivity contribution < 1.29 is 34.4 Å². The SMILES string of the molecule is COc1ccc(CC(=O)C2([C@H](O)CC=C(C)C)CC(=O)c3c(O)ccc(O)c3C2=O)cc1. The van der Waals surface area contributed by atoms with E-state index in [-0.39, 0.29) is 18.4 Å². The van der Waals surface area contributed by atoms with E-state index in [2.05, 4.69) is 0 Å².